The van der Waals surface area contributed by atoms with E-state index < -0.39 is 11.6 Å². The fourth-order valence-corrected chi connectivity index (χ4v) is 1.90. The summed E-state index contributed by atoms with van der Waals surface area (Å²) in [6.45, 7) is 2.43. The summed E-state index contributed by atoms with van der Waals surface area (Å²) < 4.78 is 31.2. The molecule has 1 aromatic rings. The molecule has 0 N–H and O–H groups in total. The molecule has 1 fully saturated rings. The van der Waals surface area contributed by atoms with Crippen LogP contribution in [0, 0.1) is 11.6 Å². The lowest BCUT2D eigenvalue weighted by atomic mass is 10.1. The highest BCUT2D eigenvalue weighted by atomic mass is 19.1. The van der Waals surface area contributed by atoms with Crippen molar-refractivity contribution in [2.45, 2.75) is 12.8 Å². The van der Waals surface area contributed by atoms with Crippen molar-refractivity contribution in [3.63, 3.8) is 0 Å². The predicted molar refractivity (Wildman–Crippen MR) is 62.5 cm³/mol. The van der Waals surface area contributed by atoms with Gasteiger partial charge >= 0.3 is 0 Å². The van der Waals surface area contributed by atoms with Crippen molar-refractivity contribution in [1.29, 1.82) is 0 Å². The maximum atomic E-state index is 13.2. The highest BCUT2D eigenvalue weighted by Crippen LogP contribution is 2.17. The summed E-state index contributed by atoms with van der Waals surface area (Å²) in [4.78, 5) is 13.1. The number of carbonyl (C=O) groups excluding carboxylic acids is 1. The second-order valence-electron chi connectivity index (χ2n) is 4.30. The number of rotatable bonds is 4. The number of ether oxygens (including phenoxy) is 1. The number of likely N-dealkylation sites (tertiary alicyclic amines) is 1. The van der Waals surface area contributed by atoms with Crippen LogP contribution in [0.2, 0.25) is 0 Å². The molecule has 0 radical (unpaired) electrons. The number of carbonyl (C=O) groups is 1. The third kappa shape index (κ3) is 3.50. The maximum absolute atomic E-state index is 13.2. The SMILES string of the molecule is O=C1CCN(CCOc2ccc(F)cc2F)CC1. The van der Waals surface area contributed by atoms with E-state index in [0.717, 1.165) is 25.2 Å². The molecule has 18 heavy (non-hydrogen) atoms. The molecule has 1 saturated heterocycles. The van der Waals surface area contributed by atoms with E-state index in [2.05, 4.69) is 4.90 Å². The minimum atomic E-state index is -0.691. The Bertz CT molecular complexity index is 427. The third-order valence-corrected chi connectivity index (χ3v) is 2.97. The molecular formula is C13H15F2NO2. The van der Waals surface area contributed by atoms with E-state index in [4.69, 9.17) is 4.74 Å². The van der Waals surface area contributed by atoms with Crippen LogP contribution >= 0.6 is 0 Å². The molecule has 0 saturated carbocycles. The van der Waals surface area contributed by atoms with E-state index in [-0.39, 0.29) is 11.5 Å². The van der Waals surface area contributed by atoms with Crippen molar-refractivity contribution in [2.75, 3.05) is 26.2 Å². The molecule has 0 aromatic heterocycles. The first-order valence-corrected chi connectivity index (χ1v) is 5.97. The molecule has 5 heteroatoms. The Kier molecular flexibility index (Phi) is 4.25. The lowest BCUT2D eigenvalue weighted by Crippen LogP contribution is -2.36. The van der Waals surface area contributed by atoms with Gasteiger partial charge in [-0.1, -0.05) is 0 Å². The van der Waals surface area contributed by atoms with Crippen molar-refractivity contribution in [1.82, 2.24) is 4.90 Å². The fourth-order valence-electron chi connectivity index (χ4n) is 1.90. The lowest BCUT2D eigenvalue weighted by Gasteiger charge is -2.25. The lowest BCUT2D eigenvalue weighted by molar-refractivity contribution is -0.121. The van der Waals surface area contributed by atoms with Crippen molar-refractivity contribution in [2.24, 2.45) is 0 Å². The molecule has 0 unspecified atom stereocenters. The number of halogens is 2. The summed E-state index contributed by atoms with van der Waals surface area (Å²) >= 11 is 0. The van der Waals surface area contributed by atoms with Gasteiger partial charge in [0, 0.05) is 38.5 Å². The molecule has 2 rings (SSSR count). The molecule has 1 aliphatic rings. The molecule has 0 amide bonds. The quantitative estimate of drug-likeness (QED) is 0.824. The average Bonchev–Trinajstić information content (AvgIpc) is 2.34. The van der Waals surface area contributed by atoms with Gasteiger partial charge in [0.15, 0.2) is 11.6 Å². The standard InChI is InChI=1S/C13H15F2NO2/c14-10-1-2-13(12(15)9-10)18-8-7-16-5-3-11(17)4-6-16/h1-2,9H,3-8H2. The minimum absolute atomic E-state index is 0.0597. The summed E-state index contributed by atoms with van der Waals surface area (Å²) in [6.07, 6.45) is 1.15. The van der Waals surface area contributed by atoms with E-state index in [1.165, 1.54) is 6.07 Å². The number of nitrogens with zero attached hydrogens (tertiary/aromatic N) is 1. The smallest absolute Gasteiger partial charge is 0.167 e. The summed E-state index contributed by atoms with van der Waals surface area (Å²) in [7, 11) is 0. The Morgan fingerprint density at radius 2 is 1.94 bits per heavy atom. The first kappa shape index (κ1) is 13.0. The fraction of sp³-hybridized carbons (Fsp3) is 0.462. The Hall–Kier alpha value is -1.49. The summed E-state index contributed by atoms with van der Waals surface area (Å²) in [6, 6.07) is 3.25. The Morgan fingerprint density at radius 1 is 1.22 bits per heavy atom. The highest BCUT2D eigenvalue weighted by molar-refractivity contribution is 5.79. The van der Waals surface area contributed by atoms with Crippen LogP contribution in [-0.2, 0) is 4.79 Å². The third-order valence-electron chi connectivity index (χ3n) is 2.97. The van der Waals surface area contributed by atoms with Crippen LogP contribution in [0.4, 0.5) is 8.78 Å². The number of Topliss-reactive ketones (excluding diaryl/α,β-unsaturated/α-hetero) is 1. The monoisotopic (exact) mass is 255 g/mol. The van der Waals surface area contributed by atoms with Gasteiger partial charge in [-0.25, -0.2) is 8.78 Å². The minimum Gasteiger partial charge on any atom is -0.489 e. The van der Waals surface area contributed by atoms with Gasteiger partial charge in [0.1, 0.15) is 18.2 Å². The van der Waals surface area contributed by atoms with Gasteiger partial charge in [-0.3, -0.25) is 9.69 Å². The predicted octanol–water partition coefficient (Wildman–Crippen LogP) is 2.01. The van der Waals surface area contributed by atoms with Crippen molar-refractivity contribution < 1.29 is 18.3 Å². The number of benzene rings is 1. The Morgan fingerprint density at radius 3 is 2.61 bits per heavy atom. The number of hydrogen-bond donors (Lipinski definition) is 0. The number of ketones is 1. The van der Waals surface area contributed by atoms with Crippen LogP contribution in [0.5, 0.6) is 5.75 Å². The highest BCUT2D eigenvalue weighted by Gasteiger charge is 2.15. The van der Waals surface area contributed by atoms with Gasteiger partial charge in [0.25, 0.3) is 0 Å². The van der Waals surface area contributed by atoms with Gasteiger partial charge in [-0.15, -0.1) is 0 Å². The molecular weight excluding hydrogens is 240 g/mol. The summed E-state index contributed by atoms with van der Waals surface area (Å²) in [5.74, 6) is -0.959. The van der Waals surface area contributed by atoms with Crippen LogP contribution in [0.3, 0.4) is 0 Å². The molecule has 3 nitrogen and oxygen atoms in total. The number of hydrogen-bond acceptors (Lipinski definition) is 3. The first-order chi connectivity index (χ1) is 8.65. The van der Waals surface area contributed by atoms with Crippen LogP contribution in [0.25, 0.3) is 0 Å². The molecule has 98 valence electrons. The van der Waals surface area contributed by atoms with Gasteiger partial charge in [0.05, 0.1) is 0 Å². The van der Waals surface area contributed by atoms with Crippen LogP contribution in [0.15, 0.2) is 18.2 Å². The Balaban J connectivity index is 1.76. The van der Waals surface area contributed by atoms with Crippen LogP contribution in [-0.4, -0.2) is 36.9 Å². The second kappa shape index (κ2) is 5.91. The van der Waals surface area contributed by atoms with E-state index >= 15 is 0 Å². The zero-order chi connectivity index (χ0) is 13.0. The van der Waals surface area contributed by atoms with E-state index in [0.29, 0.717) is 26.0 Å². The van der Waals surface area contributed by atoms with Gasteiger partial charge < -0.3 is 4.74 Å². The zero-order valence-electron chi connectivity index (χ0n) is 9.99. The summed E-state index contributed by atoms with van der Waals surface area (Å²) in [5.41, 5.74) is 0. The molecule has 1 aromatic carbocycles. The van der Waals surface area contributed by atoms with Crippen LogP contribution in [0.1, 0.15) is 12.8 Å². The first-order valence-electron chi connectivity index (χ1n) is 5.97. The largest absolute Gasteiger partial charge is 0.489 e. The average molecular weight is 255 g/mol. The van der Waals surface area contributed by atoms with Gasteiger partial charge in [0.2, 0.25) is 0 Å². The normalized spacial score (nSPS) is 16.9. The summed E-state index contributed by atoms with van der Waals surface area (Å²) in [5, 5.41) is 0. The van der Waals surface area contributed by atoms with E-state index in [1.807, 2.05) is 0 Å². The molecule has 1 heterocycles. The topological polar surface area (TPSA) is 29.5 Å². The second-order valence-corrected chi connectivity index (χ2v) is 4.30. The zero-order valence-corrected chi connectivity index (χ0v) is 9.99. The van der Waals surface area contributed by atoms with E-state index in [9.17, 15) is 13.6 Å². The molecule has 0 spiro atoms. The molecule has 0 aliphatic carbocycles. The molecule has 0 bridgehead atoms. The maximum Gasteiger partial charge on any atom is 0.167 e. The molecule has 0 atom stereocenters. The van der Waals surface area contributed by atoms with Crippen LogP contribution < -0.4 is 4.74 Å². The van der Waals surface area contributed by atoms with Gasteiger partial charge in [-0.05, 0) is 12.1 Å². The van der Waals surface area contributed by atoms with Crippen molar-refractivity contribution in [3.05, 3.63) is 29.8 Å². The van der Waals surface area contributed by atoms with Crippen molar-refractivity contribution >= 4 is 5.78 Å². The van der Waals surface area contributed by atoms with Gasteiger partial charge in [-0.2, -0.15) is 0 Å². The Labute approximate surface area is 104 Å². The van der Waals surface area contributed by atoms with Crippen molar-refractivity contribution in [3.8, 4) is 5.75 Å². The van der Waals surface area contributed by atoms with E-state index in [1.54, 1.807) is 0 Å². The number of piperidine rings is 1. The molecule has 1 aliphatic heterocycles.